The van der Waals surface area contributed by atoms with Crippen molar-refractivity contribution in [1.29, 1.82) is 0 Å². The fraction of sp³-hybridized carbons (Fsp3) is 0.381. The average molecular weight is 319 g/mol. The van der Waals surface area contributed by atoms with Gasteiger partial charge in [0.15, 0.2) is 0 Å². The van der Waals surface area contributed by atoms with E-state index in [2.05, 4.69) is 35.6 Å². The lowest BCUT2D eigenvalue weighted by Gasteiger charge is -2.43. The zero-order chi connectivity index (χ0) is 16.3. The summed E-state index contributed by atoms with van der Waals surface area (Å²) in [7, 11) is 0. The van der Waals surface area contributed by atoms with E-state index in [-0.39, 0.29) is 0 Å². The quantitative estimate of drug-likeness (QED) is 0.845. The highest BCUT2D eigenvalue weighted by molar-refractivity contribution is 5.88. The van der Waals surface area contributed by atoms with Crippen molar-refractivity contribution in [2.24, 2.45) is 17.8 Å². The summed E-state index contributed by atoms with van der Waals surface area (Å²) >= 11 is 0. The van der Waals surface area contributed by atoms with E-state index in [1.807, 2.05) is 12.1 Å². The molecule has 2 aliphatic carbocycles. The molecule has 2 aromatic rings. The second-order valence-corrected chi connectivity index (χ2v) is 7.58. The number of hydrogen-bond acceptors (Lipinski definition) is 2. The van der Waals surface area contributed by atoms with Crippen LogP contribution >= 0.6 is 0 Å². The Hall–Kier alpha value is -2.29. The third-order valence-corrected chi connectivity index (χ3v) is 6.49. The van der Waals surface area contributed by atoms with Gasteiger partial charge in [0.2, 0.25) is 0 Å². The molecule has 1 heterocycles. The lowest BCUT2D eigenvalue weighted by molar-refractivity contribution is 0.0696. The number of rotatable bonds is 2. The average Bonchev–Trinajstić information content (AvgIpc) is 3.23. The van der Waals surface area contributed by atoms with E-state index in [1.165, 1.54) is 30.4 Å². The molecule has 1 aliphatic heterocycles. The summed E-state index contributed by atoms with van der Waals surface area (Å²) in [4.78, 5) is 11.4. The number of benzene rings is 2. The molecule has 2 bridgehead atoms. The van der Waals surface area contributed by atoms with Crippen LogP contribution in [-0.4, -0.2) is 11.1 Å². The second kappa shape index (κ2) is 5.10. The van der Waals surface area contributed by atoms with E-state index in [4.69, 9.17) is 0 Å². The fourth-order valence-electron chi connectivity index (χ4n) is 5.61. The minimum atomic E-state index is -0.831. The highest BCUT2D eigenvalue weighted by atomic mass is 16.4. The lowest BCUT2D eigenvalue weighted by atomic mass is 9.68. The minimum Gasteiger partial charge on any atom is -0.478 e. The molecule has 2 saturated carbocycles. The van der Waals surface area contributed by atoms with Crippen molar-refractivity contribution in [2.75, 3.05) is 5.32 Å². The van der Waals surface area contributed by atoms with Gasteiger partial charge in [-0.05, 0) is 72.3 Å². The molecule has 0 radical (unpaired) electrons. The summed E-state index contributed by atoms with van der Waals surface area (Å²) in [5, 5.41) is 13.1. The molecule has 2 fully saturated rings. The molecule has 5 atom stereocenters. The van der Waals surface area contributed by atoms with E-state index >= 15 is 0 Å². The summed E-state index contributed by atoms with van der Waals surface area (Å²) in [5.74, 6) is 1.74. The summed E-state index contributed by atoms with van der Waals surface area (Å²) in [6.45, 7) is 0. The standard InChI is InChI=1S/C21H21NO2/c23-21(24)15-8-9-17-16(11-15)18-13-6-7-14(10-13)19(18)20(22-17)12-4-2-1-3-5-12/h1-5,8-9,11,13-14,18-20,22H,6-7,10H2,(H,23,24)/t13-,14-,18-,19+,20+/m1/s1. The van der Waals surface area contributed by atoms with Gasteiger partial charge < -0.3 is 10.4 Å². The third kappa shape index (κ3) is 1.94. The zero-order valence-corrected chi connectivity index (χ0v) is 13.5. The largest absolute Gasteiger partial charge is 0.478 e. The molecule has 0 amide bonds. The van der Waals surface area contributed by atoms with Crippen LogP contribution in [0.1, 0.15) is 52.7 Å². The van der Waals surface area contributed by atoms with Crippen molar-refractivity contribution in [3.63, 3.8) is 0 Å². The van der Waals surface area contributed by atoms with Gasteiger partial charge in [-0.3, -0.25) is 0 Å². The Balaban J connectivity index is 1.64. The maximum atomic E-state index is 11.4. The van der Waals surface area contributed by atoms with Crippen molar-refractivity contribution in [2.45, 2.75) is 31.2 Å². The Morgan fingerprint density at radius 1 is 1.04 bits per heavy atom. The van der Waals surface area contributed by atoms with Gasteiger partial charge in [0.1, 0.15) is 0 Å². The SMILES string of the molecule is O=C(O)c1ccc2c(c1)[C@H]1[C@@H]3CC[C@H](C3)[C@@H]1[C@H](c1ccccc1)N2. The van der Waals surface area contributed by atoms with Crippen LogP contribution in [-0.2, 0) is 0 Å². The zero-order valence-electron chi connectivity index (χ0n) is 13.5. The summed E-state index contributed by atoms with van der Waals surface area (Å²) in [5.41, 5.74) is 4.13. The molecular formula is C21H21NO2. The monoisotopic (exact) mass is 319 g/mol. The highest BCUT2D eigenvalue weighted by Crippen LogP contribution is 2.63. The molecular weight excluding hydrogens is 298 g/mol. The third-order valence-electron chi connectivity index (χ3n) is 6.49. The van der Waals surface area contributed by atoms with Crippen molar-refractivity contribution in [1.82, 2.24) is 0 Å². The van der Waals surface area contributed by atoms with E-state index in [0.29, 0.717) is 23.4 Å². The summed E-state index contributed by atoms with van der Waals surface area (Å²) < 4.78 is 0. The van der Waals surface area contributed by atoms with Gasteiger partial charge in [0, 0.05) is 5.69 Å². The molecule has 24 heavy (non-hydrogen) atoms. The molecule has 0 aromatic heterocycles. The number of aromatic carboxylic acids is 1. The smallest absolute Gasteiger partial charge is 0.335 e. The van der Waals surface area contributed by atoms with Crippen molar-refractivity contribution in [3.05, 3.63) is 65.2 Å². The van der Waals surface area contributed by atoms with Crippen LogP contribution in [0.3, 0.4) is 0 Å². The number of fused-ring (bicyclic) bond motifs is 7. The fourth-order valence-corrected chi connectivity index (χ4v) is 5.61. The molecule has 2 N–H and O–H groups in total. The molecule has 3 heteroatoms. The predicted molar refractivity (Wildman–Crippen MR) is 93.3 cm³/mol. The molecule has 122 valence electrons. The van der Waals surface area contributed by atoms with Gasteiger partial charge in [-0.1, -0.05) is 30.3 Å². The molecule has 0 saturated heterocycles. The van der Waals surface area contributed by atoms with E-state index in [1.54, 1.807) is 6.07 Å². The van der Waals surface area contributed by atoms with Gasteiger partial charge in [0.25, 0.3) is 0 Å². The van der Waals surface area contributed by atoms with Crippen LogP contribution < -0.4 is 5.32 Å². The highest BCUT2D eigenvalue weighted by Gasteiger charge is 2.53. The molecule has 3 nitrogen and oxygen atoms in total. The van der Waals surface area contributed by atoms with Gasteiger partial charge in [0.05, 0.1) is 11.6 Å². The van der Waals surface area contributed by atoms with E-state index in [0.717, 1.165) is 17.5 Å². The first kappa shape index (κ1) is 14.1. The van der Waals surface area contributed by atoms with E-state index < -0.39 is 5.97 Å². The second-order valence-electron chi connectivity index (χ2n) is 7.58. The number of hydrogen-bond donors (Lipinski definition) is 2. The van der Waals surface area contributed by atoms with Crippen LogP contribution in [0.2, 0.25) is 0 Å². The predicted octanol–water partition coefficient (Wildman–Crippen LogP) is 4.68. The van der Waals surface area contributed by atoms with Gasteiger partial charge in [-0.15, -0.1) is 0 Å². The van der Waals surface area contributed by atoms with Crippen LogP contribution in [0.15, 0.2) is 48.5 Å². The normalized spacial score (nSPS) is 32.8. The summed E-state index contributed by atoms with van der Waals surface area (Å²) in [6, 6.07) is 16.7. The van der Waals surface area contributed by atoms with Crippen LogP contribution in [0, 0.1) is 17.8 Å². The van der Waals surface area contributed by atoms with Crippen LogP contribution in [0.5, 0.6) is 0 Å². The Labute approximate surface area is 141 Å². The molecule has 0 spiro atoms. The molecule has 0 unspecified atom stereocenters. The number of carboxylic acid groups (broad SMARTS) is 1. The molecule has 5 rings (SSSR count). The minimum absolute atomic E-state index is 0.342. The van der Waals surface area contributed by atoms with Crippen molar-refractivity contribution < 1.29 is 9.90 Å². The number of carbonyl (C=O) groups is 1. The van der Waals surface area contributed by atoms with E-state index in [9.17, 15) is 9.90 Å². The maximum absolute atomic E-state index is 11.4. The van der Waals surface area contributed by atoms with Gasteiger partial charge in [-0.2, -0.15) is 0 Å². The van der Waals surface area contributed by atoms with Crippen molar-refractivity contribution >= 4 is 11.7 Å². The van der Waals surface area contributed by atoms with Gasteiger partial charge in [-0.25, -0.2) is 4.79 Å². The van der Waals surface area contributed by atoms with Crippen molar-refractivity contribution in [3.8, 4) is 0 Å². The first-order chi connectivity index (χ1) is 11.7. The number of nitrogens with one attached hydrogen (secondary N) is 1. The first-order valence-corrected chi connectivity index (χ1v) is 8.91. The number of carboxylic acids is 1. The summed E-state index contributed by atoms with van der Waals surface area (Å²) in [6.07, 6.45) is 3.92. The van der Waals surface area contributed by atoms with Crippen LogP contribution in [0.25, 0.3) is 0 Å². The Bertz CT molecular complexity index is 801. The Morgan fingerprint density at radius 2 is 1.83 bits per heavy atom. The topological polar surface area (TPSA) is 49.3 Å². The molecule has 3 aliphatic rings. The Morgan fingerprint density at radius 3 is 2.62 bits per heavy atom. The van der Waals surface area contributed by atoms with Crippen LogP contribution in [0.4, 0.5) is 5.69 Å². The Kier molecular flexibility index (Phi) is 2.99. The first-order valence-electron chi connectivity index (χ1n) is 8.91. The number of anilines is 1. The maximum Gasteiger partial charge on any atom is 0.335 e. The molecule has 2 aromatic carbocycles. The lowest BCUT2D eigenvalue weighted by Crippen LogP contribution is -2.35. The van der Waals surface area contributed by atoms with Gasteiger partial charge >= 0.3 is 5.97 Å².